The lowest BCUT2D eigenvalue weighted by Gasteiger charge is -2.19. The molecule has 4 nitrogen and oxygen atoms in total. The van der Waals surface area contributed by atoms with Crippen LogP contribution in [0, 0.1) is 5.92 Å². The first-order valence-corrected chi connectivity index (χ1v) is 6.55. The number of hydrogen-bond donors (Lipinski definition) is 0. The molecule has 0 saturated heterocycles. The van der Waals surface area contributed by atoms with Gasteiger partial charge in [0.25, 0.3) is 0 Å². The molecule has 18 heavy (non-hydrogen) atoms. The Kier molecular flexibility index (Phi) is 8.29. The fourth-order valence-corrected chi connectivity index (χ4v) is 1.31. The number of hydrogen-bond acceptors (Lipinski definition) is 3. The van der Waals surface area contributed by atoms with Crippen LogP contribution in [-0.2, 0) is 9.59 Å². The highest BCUT2D eigenvalue weighted by atomic mass is 16.2. The molecule has 1 atom stereocenters. The molecule has 0 bridgehead atoms. The topological polar surface area (TPSA) is 40.6 Å². The first kappa shape index (κ1) is 16.8. The Morgan fingerprint density at radius 1 is 1.22 bits per heavy atom. The van der Waals surface area contributed by atoms with Crippen LogP contribution < -0.4 is 0 Å². The van der Waals surface area contributed by atoms with E-state index in [1.54, 1.807) is 18.0 Å². The molecular formula is C14H26N2O2. The van der Waals surface area contributed by atoms with Gasteiger partial charge in [0.2, 0.25) is 5.91 Å². The molecule has 4 heteroatoms. The van der Waals surface area contributed by atoms with E-state index in [2.05, 4.69) is 0 Å². The van der Waals surface area contributed by atoms with Crippen LogP contribution in [0.15, 0.2) is 12.2 Å². The molecule has 0 saturated carbocycles. The van der Waals surface area contributed by atoms with Crippen molar-refractivity contribution in [2.75, 3.05) is 33.7 Å². The van der Waals surface area contributed by atoms with Crippen LogP contribution in [0.3, 0.4) is 0 Å². The normalized spacial score (nSPS) is 13.0. The maximum atomic E-state index is 11.6. The van der Waals surface area contributed by atoms with Gasteiger partial charge in [-0.1, -0.05) is 19.9 Å². The fraction of sp³-hybridized carbons (Fsp3) is 0.714. The van der Waals surface area contributed by atoms with Crippen molar-refractivity contribution >= 4 is 11.7 Å². The largest absolute Gasteiger partial charge is 0.345 e. The first-order valence-electron chi connectivity index (χ1n) is 6.55. The maximum absolute atomic E-state index is 11.6. The summed E-state index contributed by atoms with van der Waals surface area (Å²) in [6, 6.07) is 0. The van der Waals surface area contributed by atoms with Crippen molar-refractivity contribution in [1.82, 2.24) is 9.80 Å². The summed E-state index contributed by atoms with van der Waals surface area (Å²) >= 11 is 0. The lowest BCUT2D eigenvalue weighted by Crippen LogP contribution is -2.36. The predicted molar refractivity (Wildman–Crippen MR) is 74.4 cm³/mol. The Morgan fingerprint density at radius 3 is 2.33 bits per heavy atom. The second-order valence-electron chi connectivity index (χ2n) is 4.72. The van der Waals surface area contributed by atoms with Crippen molar-refractivity contribution in [2.45, 2.75) is 27.2 Å². The van der Waals surface area contributed by atoms with E-state index in [9.17, 15) is 9.59 Å². The Hall–Kier alpha value is -1.16. The third-order valence-electron chi connectivity index (χ3n) is 3.10. The number of carbonyl (C=O) groups is 2. The summed E-state index contributed by atoms with van der Waals surface area (Å²) in [5.74, 6) is 0.337. The lowest BCUT2D eigenvalue weighted by atomic mass is 10.0. The molecule has 1 amide bonds. The highest BCUT2D eigenvalue weighted by Crippen LogP contribution is 2.02. The molecule has 0 rings (SSSR count). The number of allylic oxidation sites excluding steroid dienone is 1. The molecule has 0 aromatic rings. The summed E-state index contributed by atoms with van der Waals surface area (Å²) in [5.41, 5.74) is 0. The minimum Gasteiger partial charge on any atom is -0.345 e. The molecule has 1 unspecified atom stereocenters. The van der Waals surface area contributed by atoms with Gasteiger partial charge < -0.3 is 4.90 Å². The van der Waals surface area contributed by atoms with Gasteiger partial charge in [0.05, 0.1) is 6.54 Å². The standard InChI is InChI=1S/C14H26N2O2/c1-6-12(3)13(17)9-8-10-15(4)11-14(18)16(5)7-2/h8-9,12H,6-7,10-11H2,1-5H3/b9-8+. The minimum atomic E-state index is 0.0828. The summed E-state index contributed by atoms with van der Waals surface area (Å²) in [6.07, 6.45) is 4.31. The van der Waals surface area contributed by atoms with Gasteiger partial charge in [0.1, 0.15) is 0 Å². The van der Waals surface area contributed by atoms with Gasteiger partial charge in [-0.3, -0.25) is 14.5 Å². The van der Waals surface area contributed by atoms with E-state index in [1.807, 2.05) is 38.8 Å². The van der Waals surface area contributed by atoms with E-state index in [0.29, 0.717) is 13.1 Å². The zero-order valence-corrected chi connectivity index (χ0v) is 12.3. The molecule has 0 aromatic heterocycles. The molecule has 0 aliphatic rings. The minimum absolute atomic E-state index is 0.0828. The van der Waals surface area contributed by atoms with Gasteiger partial charge in [-0.05, 0) is 26.5 Å². The molecule has 0 aromatic carbocycles. The molecule has 0 spiro atoms. The van der Waals surface area contributed by atoms with Crippen molar-refractivity contribution in [3.8, 4) is 0 Å². The third kappa shape index (κ3) is 6.55. The number of amides is 1. The van der Waals surface area contributed by atoms with Crippen LogP contribution >= 0.6 is 0 Å². The average molecular weight is 254 g/mol. The zero-order chi connectivity index (χ0) is 14.1. The van der Waals surface area contributed by atoms with Crippen molar-refractivity contribution in [2.24, 2.45) is 5.92 Å². The number of rotatable bonds is 8. The van der Waals surface area contributed by atoms with E-state index >= 15 is 0 Å². The van der Waals surface area contributed by atoms with Gasteiger partial charge in [-0.15, -0.1) is 0 Å². The zero-order valence-electron chi connectivity index (χ0n) is 12.3. The quantitative estimate of drug-likeness (QED) is 0.617. The summed E-state index contributed by atoms with van der Waals surface area (Å²) in [7, 11) is 3.66. The molecule has 0 fully saturated rings. The maximum Gasteiger partial charge on any atom is 0.236 e. The lowest BCUT2D eigenvalue weighted by molar-refractivity contribution is -0.130. The van der Waals surface area contributed by atoms with E-state index in [0.717, 1.165) is 13.0 Å². The Bertz CT molecular complexity index is 300. The van der Waals surface area contributed by atoms with Crippen LogP contribution in [0.4, 0.5) is 0 Å². The van der Waals surface area contributed by atoms with Gasteiger partial charge >= 0.3 is 0 Å². The van der Waals surface area contributed by atoms with Gasteiger partial charge in [0.15, 0.2) is 5.78 Å². The Labute approximate surface area is 111 Å². The number of nitrogens with zero attached hydrogens (tertiary/aromatic N) is 2. The Morgan fingerprint density at radius 2 is 1.83 bits per heavy atom. The second-order valence-corrected chi connectivity index (χ2v) is 4.72. The molecule has 0 N–H and O–H groups in total. The highest BCUT2D eigenvalue weighted by molar-refractivity contribution is 5.91. The fourth-order valence-electron chi connectivity index (χ4n) is 1.31. The number of likely N-dealkylation sites (N-methyl/N-ethyl adjacent to an activating group) is 2. The van der Waals surface area contributed by atoms with Crippen molar-refractivity contribution < 1.29 is 9.59 Å². The second kappa shape index (κ2) is 8.86. The third-order valence-corrected chi connectivity index (χ3v) is 3.10. The van der Waals surface area contributed by atoms with Crippen LogP contribution in [0.5, 0.6) is 0 Å². The van der Waals surface area contributed by atoms with Crippen molar-refractivity contribution in [1.29, 1.82) is 0 Å². The Balaban J connectivity index is 4.03. The molecule has 0 radical (unpaired) electrons. The molecule has 0 heterocycles. The molecular weight excluding hydrogens is 228 g/mol. The molecule has 0 aliphatic heterocycles. The van der Waals surface area contributed by atoms with E-state index in [-0.39, 0.29) is 17.6 Å². The van der Waals surface area contributed by atoms with Crippen molar-refractivity contribution in [3.05, 3.63) is 12.2 Å². The van der Waals surface area contributed by atoms with Gasteiger partial charge in [0, 0.05) is 26.1 Å². The summed E-state index contributed by atoms with van der Waals surface area (Å²) in [5, 5.41) is 0. The van der Waals surface area contributed by atoms with E-state index in [1.165, 1.54) is 0 Å². The number of ketones is 1. The van der Waals surface area contributed by atoms with E-state index < -0.39 is 0 Å². The van der Waals surface area contributed by atoms with Crippen LogP contribution in [-0.4, -0.2) is 55.2 Å². The molecule has 104 valence electrons. The van der Waals surface area contributed by atoms with Crippen LogP contribution in [0.25, 0.3) is 0 Å². The summed E-state index contributed by atoms with van der Waals surface area (Å²) in [6.45, 7) is 7.59. The van der Waals surface area contributed by atoms with Crippen molar-refractivity contribution in [3.63, 3.8) is 0 Å². The van der Waals surface area contributed by atoms with E-state index in [4.69, 9.17) is 0 Å². The first-order chi connectivity index (χ1) is 8.42. The monoisotopic (exact) mass is 254 g/mol. The SMILES string of the molecule is CCC(C)C(=O)/C=C/CN(C)CC(=O)N(C)CC. The summed E-state index contributed by atoms with van der Waals surface area (Å²) in [4.78, 5) is 26.8. The van der Waals surface area contributed by atoms with Gasteiger partial charge in [-0.25, -0.2) is 0 Å². The number of carbonyl (C=O) groups excluding carboxylic acids is 2. The highest BCUT2D eigenvalue weighted by Gasteiger charge is 2.09. The van der Waals surface area contributed by atoms with Crippen LogP contribution in [0.1, 0.15) is 27.2 Å². The molecule has 0 aliphatic carbocycles. The van der Waals surface area contributed by atoms with Gasteiger partial charge in [-0.2, -0.15) is 0 Å². The average Bonchev–Trinajstić information content (AvgIpc) is 2.36. The summed E-state index contributed by atoms with van der Waals surface area (Å²) < 4.78 is 0. The van der Waals surface area contributed by atoms with Crippen LogP contribution in [0.2, 0.25) is 0 Å². The predicted octanol–water partition coefficient (Wildman–Crippen LogP) is 1.57. The smallest absolute Gasteiger partial charge is 0.236 e.